The first-order chi connectivity index (χ1) is 13.8. The van der Waals surface area contributed by atoms with Crippen molar-refractivity contribution in [2.75, 3.05) is 6.54 Å². The Morgan fingerprint density at radius 2 is 1.77 bits per heavy atom. The summed E-state index contributed by atoms with van der Waals surface area (Å²) in [7, 11) is 0. The summed E-state index contributed by atoms with van der Waals surface area (Å²) in [5, 5.41) is 13.3. The molecule has 1 aromatic carbocycles. The fraction of sp³-hybridized carbons (Fsp3) is 0.353. The number of nitrogens with one attached hydrogen (secondary N) is 1. The lowest BCUT2D eigenvalue weighted by molar-refractivity contribution is -0.192. The van der Waals surface area contributed by atoms with Crippen molar-refractivity contribution in [3.8, 4) is 11.3 Å². The highest BCUT2D eigenvalue weighted by Gasteiger charge is 2.38. The number of hydrogen-bond donors (Lipinski definition) is 3. The van der Waals surface area contributed by atoms with Crippen LogP contribution in [0.5, 0.6) is 0 Å². The second kappa shape index (κ2) is 8.73. The van der Waals surface area contributed by atoms with Crippen molar-refractivity contribution in [3.05, 3.63) is 41.7 Å². The lowest BCUT2D eigenvalue weighted by Gasteiger charge is -2.10. The molecule has 1 saturated carbocycles. The van der Waals surface area contributed by atoms with Crippen molar-refractivity contribution in [3.63, 3.8) is 0 Å². The first-order valence-electron chi connectivity index (χ1n) is 8.28. The third kappa shape index (κ3) is 6.20. The number of aromatic nitrogens is 1. The predicted octanol–water partition coefficient (Wildman–Crippen LogP) is 3.07. The number of carbonyl (C=O) groups excluding carboxylic acids is 1. The maximum atomic E-state index is 13.0. The molecule has 13 heteroatoms. The minimum atomic E-state index is -5.08. The number of benzene rings is 1. The number of amides is 1. The molecular weight excluding hydrogens is 424 g/mol. The molecule has 1 fully saturated rings. The Balaban J connectivity index is 0.000000396. The Morgan fingerprint density at radius 1 is 1.20 bits per heavy atom. The van der Waals surface area contributed by atoms with Gasteiger partial charge in [-0.2, -0.15) is 26.3 Å². The molecule has 2 atom stereocenters. The normalized spacial score (nSPS) is 18.2. The van der Waals surface area contributed by atoms with Gasteiger partial charge >= 0.3 is 18.3 Å². The molecule has 30 heavy (non-hydrogen) atoms. The minimum absolute atomic E-state index is 0.0359. The number of nitrogens with zero attached hydrogens (tertiary/aromatic N) is 1. The molecule has 1 amide bonds. The molecule has 0 radical (unpaired) electrons. The SMILES string of the molecule is N[C@@H]1C[C@@H]1CNC(=O)c1cc(-c2ccccc2C(F)(F)F)no1.O=C(O)C(F)(F)F. The fourth-order valence-electron chi connectivity index (χ4n) is 2.28. The number of rotatable bonds is 4. The molecule has 1 heterocycles. The highest BCUT2D eigenvalue weighted by atomic mass is 19.4. The Bertz CT molecular complexity index is 909. The van der Waals surface area contributed by atoms with Crippen LogP contribution in [0.25, 0.3) is 11.3 Å². The zero-order chi connectivity index (χ0) is 22.7. The largest absolute Gasteiger partial charge is 0.490 e. The van der Waals surface area contributed by atoms with Crippen LogP contribution in [0.15, 0.2) is 34.9 Å². The molecule has 164 valence electrons. The molecular formula is C17H15F6N3O4. The number of carboxylic acids is 1. The van der Waals surface area contributed by atoms with Gasteiger partial charge in [-0.25, -0.2) is 4.79 Å². The zero-order valence-corrected chi connectivity index (χ0v) is 14.9. The monoisotopic (exact) mass is 439 g/mol. The average Bonchev–Trinajstić information content (AvgIpc) is 3.14. The van der Waals surface area contributed by atoms with Gasteiger partial charge < -0.3 is 20.7 Å². The van der Waals surface area contributed by atoms with E-state index in [4.69, 9.17) is 20.2 Å². The highest BCUT2D eigenvalue weighted by Crippen LogP contribution is 2.36. The van der Waals surface area contributed by atoms with Gasteiger partial charge in [0.25, 0.3) is 5.91 Å². The van der Waals surface area contributed by atoms with Crippen molar-refractivity contribution < 1.29 is 45.6 Å². The van der Waals surface area contributed by atoms with Crippen molar-refractivity contribution >= 4 is 11.9 Å². The van der Waals surface area contributed by atoms with Crippen LogP contribution in [0.2, 0.25) is 0 Å². The second-order valence-electron chi connectivity index (χ2n) is 6.29. The Hall–Kier alpha value is -3.09. The summed E-state index contributed by atoms with van der Waals surface area (Å²) in [4.78, 5) is 20.8. The zero-order valence-electron chi connectivity index (χ0n) is 14.9. The average molecular weight is 439 g/mol. The van der Waals surface area contributed by atoms with E-state index in [2.05, 4.69) is 10.5 Å². The molecule has 0 saturated heterocycles. The van der Waals surface area contributed by atoms with Gasteiger partial charge in [-0.1, -0.05) is 23.4 Å². The number of halogens is 6. The molecule has 2 aromatic rings. The van der Waals surface area contributed by atoms with E-state index in [0.717, 1.165) is 12.5 Å². The van der Waals surface area contributed by atoms with Crippen LogP contribution >= 0.6 is 0 Å². The van der Waals surface area contributed by atoms with Crippen molar-refractivity contribution in [2.45, 2.75) is 24.8 Å². The minimum Gasteiger partial charge on any atom is -0.475 e. The number of alkyl halides is 6. The molecule has 7 nitrogen and oxygen atoms in total. The van der Waals surface area contributed by atoms with Gasteiger partial charge in [-0.05, 0) is 18.4 Å². The predicted molar refractivity (Wildman–Crippen MR) is 89.0 cm³/mol. The van der Waals surface area contributed by atoms with Crippen LogP contribution in [0.1, 0.15) is 22.5 Å². The van der Waals surface area contributed by atoms with E-state index in [1.165, 1.54) is 24.3 Å². The molecule has 3 rings (SSSR count). The van der Waals surface area contributed by atoms with Gasteiger partial charge in [0.15, 0.2) is 0 Å². The first-order valence-corrected chi connectivity index (χ1v) is 8.28. The van der Waals surface area contributed by atoms with Crippen LogP contribution in [-0.4, -0.2) is 40.9 Å². The number of hydrogen-bond acceptors (Lipinski definition) is 5. The number of aliphatic carboxylic acids is 1. The smallest absolute Gasteiger partial charge is 0.475 e. The number of carbonyl (C=O) groups is 2. The molecule has 0 bridgehead atoms. The quantitative estimate of drug-likeness (QED) is 0.631. The lowest BCUT2D eigenvalue weighted by atomic mass is 10.0. The van der Waals surface area contributed by atoms with Gasteiger partial charge in [0.2, 0.25) is 5.76 Å². The van der Waals surface area contributed by atoms with Crippen molar-refractivity contribution in [1.82, 2.24) is 10.5 Å². The van der Waals surface area contributed by atoms with Gasteiger partial charge in [0, 0.05) is 24.2 Å². The topological polar surface area (TPSA) is 118 Å². The molecule has 0 spiro atoms. The number of carboxylic acid groups (broad SMARTS) is 1. The van der Waals surface area contributed by atoms with Crippen LogP contribution in [0.4, 0.5) is 26.3 Å². The van der Waals surface area contributed by atoms with Crippen LogP contribution in [0.3, 0.4) is 0 Å². The summed E-state index contributed by atoms with van der Waals surface area (Å²) in [6.45, 7) is 0.412. The van der Waals surface area contributed by atoms with Crippen molar-refractivity contribution in [2.24, 2.45) is 11.7 Å². The van der Waals surface area contributed by atoms with Gasteiger partial charge in [0.05, 0.1) is 5.56 Å². The van der Waals surface area contributed by atoms with E-state index >= 15 is 0 Å². The highest BCUT2D eigenvalue weighted by molar-refractivity contribution is 5.92. The summed E-state index contributed by atoms with van der Waals surface area (Å²) in [6, 6.07) is 6.29. The van der Waals surface area contributed by atoms with Gasteiger partial charge in [-0.15, -0.1) is 0 Å². The maximum Gasteiger partial charge on any atom is 0.490 e. The van der Waals surface area contributed by atoms with Gasteiger partial charge in [0.1, 0.15) is 5.69 Å². The molecule has 4 N–H and O–H groups in total. The standard InChI is InChI=1S/C15H14F3N3O2.C2HF3O2/c16-15(17,18)10-4-2-1-3-9(10)12-6-13(23-21-12)14(22)20-7-8-5-11(8)19;3-2(4,5)1(6)7/h1-4,6,8,11H,5,7,19H2,(H,20,22);(H,6,7)/t8-,11-;/m1./s1. The summed E-state index contributed by atoms with van der Waals surface area (Å²) < 4.78 is 75.6. The second-order valence-corrected chi connectivity index (χ2v) is 6.29. The Labute approximate surface area is 164 Å². The molecule has 1 aliphatic rings. The maximum absolute atomic E-state index is 13.0. The van der Waals surface area contributed by atoms with Gasteiger partial charge in [-0.3, -0.25) is 4.79 Å². The van der Waals surface area contributed by atoms with Crippen molar-refractivity contribution in [1.29, 1.82) is 0 Å². The van der Waals surface area contributed by atoms with E-state index in [9.17, 15) is 31.1 Å². The summed E-state index contributed by atoms with van der Waals surface area (Å²) in [5.41, 5.74) is 4.64. The summed E-state index contributed by atoms with van der Waals surface area (Å²) in [5.74, 6) is -3.17. The fourth-order valence-corrected chi connectivity index (χ4v) is 2.28. The molecule has 1 aromatic heterocycles. The van der Waals surface area contributed by atoms with Crippen LogP contribution < -0.4 is 11.1 Å². The van der Waals surface area contributed by atoms with Crippen LogP contribution in [0, 0.1) is 5.92 Å². The molecule has 0 unspecified atom stereocenters. The molecule has 1 aliphatic carbocycles. The van der Waals surface area contributed by atoms with E-state index in [1.807, 2.05) is 0 Å². The first kappa shape index (κ1) is 23.2. The third-order valence-electron chi connectivity index (χ3n) is 3.99. The summed E-state index contributed by atoms with van der Waals surface area (Å²) >= 11 is 0. The van der Waals surface area contributed by atoms with E-state index in [1.54, 1.807) is 0 Å². The van der Waals surface area contributed by atoms with E-state index < -0.39 is 29.8 Å². The Morgan fingerprint density at radius 3 is 2.27 bits per heavy atom. The third-order valence-corrected chi connectivity index (χ3v) is 3.99. The van der Waals surface area contributed by atoms with Crippen LogP contribution in [-0.2, 0) is 11.0 Å². The lowest BCUT2D eigenvalue weighted by Crippen LogP contribution is -2.26. The summed E-state index contributed by atoms with van der Waals surface area (Å²) in [6.07, 6.45) is -8.75. The van der Waals surface area contributed by atoms with E-state index in [0.29, 0.717) is 6.54 Å². The van der Waals surface area contributed by atoms with E-state index in [-0.39, 0.29) is 29.0 Å². The number of nitrogens with two attached hydrogens (primary N) is 1. The Kier molecular flexibility index (Phi) is 6.75. The molecule has 0 aliphatic heterocycles.